The number of carbonyl (C=O) groups excluding carboxylic acids is 1. The Morgan fingerprint density at radius 2 is 2.25 bits per heavy atom. The molecule has 0 bridgehead atoms. The number of hydrogen-bond donors (Lipinski definition) is 0. The van der Waals surface area contributed by atoms with Crippen molar-refractivity contribution in [3.8, 4) is 0 Å². The molecular formula is C12H15NO3. The van der Waals surface area contributed by atoms with Crippen LogP contribution in [0.4, 0.5) is 0 Å². The van der Waals surface area contributed by atoms with Gasteiger partial charge in [-0.15, -0.1) is 0 Å². The Balaban J connectivity index is 1.79. The van der Waals surface area contributed by atoms with Crippen molar-refractivity contribution in [3.63, 3.8) is 0 Å². The first-order valence-electron chi connectivity index (χ1n) is 5.53. The second-order valence-electron chi connectivity index (χ2n) is 3.73. The van der Waals surface area contributed by atoms with E-state index in [0.717, 1.165) is 19.6 Å². The second kappa shape index (κ2) is 5.72. The fraction of sp³-hybridized carbons (Fsp3) is 0.500. The normalized spacial score (nSPS) is 17.2. The van der Waals surface area contributed by atoms with Gasteiger partial charge in [-0.25, -0.2) is 0 Å². The maximum atomic E-state index is 11.7. The molecule has 1 saturated heterocycles. The van der Waals surface area contributed by atoms with Gasteiger partial charge in [0.25, 0.3) is 0 Å². The minimum Gasteiger partial charge on any atom is -0.353 e. The summed E-state index contributed by atoms with van der Waals surface area (Å²) in [4.78, 5) is 15.7. The predicted octanol–water partition coefficient (Wildman–Crippen LogP) is 1.81. The average Bonchev–Trinajstić information content (AvgIpc) is 2.38. The smallest absolute Gasteiger partial charge is 0.164 e. The van der Waals surface area contributed by atoms with E-state index in [0.29, 0.717) is 18.4 Å². The molecule has 4 heteroatoms. The van der Waals surface area contributed by atoms with E-state index in [9.17, 15) is 4.79 Å². The van der Waals surface area contributed by atoms with Gasteiger partial charge in [0.1, 0.15) is 0 Å². The van der Waals surface area contributed by atoms with E-state index in [-0.39, 0.29) is 12.1 Å². The van der Waals surface area contributed by atoms with E-state index in [1.54, 1.807) is 24.5 Å². The molecule has 1 aromatic rings. The van der Waals surface area contributed by atoms with Crippen molar-refractivity contribution < 1.29 is 14.3 Å². The highest BCUT2D eigenvalue weighted by molar-refractivity contribution is 5.95. The average molecular weight is 221 g/mol. The van der Waals surface area contributed by atoms with Crippen LogP contribution in [0.5, 0.6) is 0 Å². The molecule has 2 heterocycles. The van der Waals surface area contributed by atoms with Crippen molar-refractivity contribution in [1.82, 2.24) is 4.98 Å². The van der Waals surface area contributed by atoms with Gasteiger partial charge < -0.3 is 9.47 Å². The molecule has 1 aliphatic rings. The van der Waals surface area contributed by atoms with Crippen LogP contribution in [0.15, 0.2) is 24.5 Å². The highest BCUT2D eigenvalue weighted by atomic mass is 16.7. The zero-order chi connectivity index (χ0) is 11.2. The van der Waals surface area contributed by atoms with Crippen molar-refractivity contribution in [1.29, 1.82) is 0 Å². The molecule has 0 amide bonds. The summed E-state index contributed by atoms with van der Waals surface area (Å²) >= 11 is 0. The Hall–Kier alpha value is -1.26. The molecule has 4 nitrogen and oxygen atoms in total. The predicted molar refractivity (Wildman–Crippen MR) is 58.1 cm³/mol. The van der Waals surface area contributed by atoms with Gasteiger partial charge in [0.05, 0.1) is 13.2 Å². The quantitative estimate of drug-likeness (QED) is 0.727. The van der Waals surface area contributed by atoms with Gasteiger partial charge in [0.2, 0.25) is 0 Å². The molecule has 86 valence electrons. The van der Waals surface area contributed by atoms with Crippen molar-refractivity contribution >= 4 is 5.78 Å². The lowest BCUT2D eigenvalue weighted by atomic mass is 10.1. The first-order chi connectivity index (χ1) is 7.86. The summed E-state index contributed by atoms with van der Waals surface area (Å²) in [5.74, 6) is 0.0888. The molecule has 0 atom stereocenters. The maximum absolute atomic E-state index is 11.7. The lowest BCUT2D eigenvalue weighted by molar-refractivity contribution is -0.180. The van der Waals surface area contributed by atoms with Crippen LogP contribution in [0, 0.1) is 0 Å². The number of Topliss-reactive ketones (excluding diaryl/α,β-unsaturated/α-hetero) is 1. The molecule has 0 aliphatic carbocycles. The van der Waals surface area contributed by atoms with E-state index in [4.69, 9.17) is 9.47 Å². The third-order valence-corrected chi connectivity index (χ3v) is 2.49. The third kappa shape index (κ3) is 3.12. The van der Waals surface area contributed by atoms with Gasteiger partial charge in [0, 0.05) is 30.8 Å². The molecule has 0 radical (unpaired) electrons. The molecular weight excluding hydrogens is 206 g/mol. The fourth-order valence-electron chi connectivity index (χ4n) is 1.62. The molecule has 1 fully saturated rings. The molecule has 0 spiro atoms. The number of ether oxygens (including phenoxy) is 2. The first kappa shape index (κ1) is 11.2. The van der Waals surface area contributed by atoms with Crippen LogP contribution in [0.3, 0.4) is 0 Å². The summed E-state index contributed by atoms with van der Waals surface area (Å²) < 4.78 is 10.7. The van der Waals surface area contributed by atoms with Crippen molar-refractivity contribution in [2.75, 3.05) is 13.2 Å². The van der Waals surface area contributed by atoms with Crippen LogP contribution in [-0.4, -0.2) is 30.3 Å². The summed E-state index contributed by atoms with van der Waals surface area (Å²) in [6, 6.07) is 3.54. The van der Waals surface area contributed by atoms with Gasteiger partial charge in [0.15, 0.2) is 12.1 Å². The van der Waals surface area contributed by atoms with Crippen LogP contribution >= 0.6 is 0 Å². The zero-order valence-electron chi connectivity index (χ0n) is 9.09. The van der Waals surface area contributed by atoms with Gasteiger partial charge >= 0.3 is 0 Å². The number of ketones is 1. The summed E-state index contributed by atoms with van der Waals surface area (Å²) in [5, 5.41) is 0. The molecule has 0 N–H and O–H groups in total. The maximum Gasteiger partial charge on any atom is 0.164 e. The first-order valence-corrected chi connectivity index (χ1v) is 5.53. The van der Waals surface area contributed by atoms with Crippen LogP contribution in [0.2, 0.25) is 0 Å². The summed E-state index contributed by atoms with van der Waals surface area (Å²) in [6.07, 6.45) is 5.03. The highest BCUT2D eigenvalue weighted by Gasteiger charge is 2.16. The minimum atomic E-state index is -0.214. The number of pyridine rings is 1. The van der Waals surface area contributed by atoms with E-state index < -0.39 is 0 Å². The highest BCUT2D eigenvalue weighted by Crippen LogP contribution is 2.12. The molecule has 0 aromatic carbocycles. The number of carbonyl (C=O) groups is 1. The van der Waals surface area contributed by atoms with Crippen LogP contribution in [0.1, 0.15) is 29.6 Å². The standard InChI is InChI=1S/C12H15NO3/c14-11(10-3-1-6-13-9-10)4-5-12-15-7-2-8-16-12/h1,3,6,9,12H,2,4-5,7-8H2. The Bertz CT molecular complexity index is 333. The van der Waals surface area contributed by atoms with Crippen LogP contribution < -0.4 is 0 Å². The Morgan fingerprint density at radius 3 is 2.94 bits per heavy atom. The van der Waals surface area contributed by atoms with Crippen LogP contribution in [-0.2, 0) is 9.47 Å². The van der Waals surface area contributed by atoms with E-state index in [1.807, 2.05) is 0 Å². The molecule has 16 heavy (non-hydrogen) atoms. The number of hydrogen-bond acceptors (Lipinski definition) is 4. The summed E-state index contributed by atoms with van der Waals surface area (Å²) in [7, 11) is 0. The van der Waals surface area contributed by atoms with E-state index in [1.165, 1.54) is 0 Å². The number of nitrogens with zero attached hydrogens (tertiary/aromatic N) is 1. The van der Waals surface area contributed by atoms with Gasteiger partial charge in [-0.1, -0.05) is 0 Å². The summed E-state index contributed by atoms with van der Waals surface area (Å²) in [5.41, 5.74) is 0.651. The van der Waals surface area contributed by atoms with Crippen molar-refractivity contribution in [3.05, 3.63) is 30.1 Å². The lowest BCUT2D eigenvalue weighted by Crippen LogP contribution is -2.25. The minimum absolute atomic E-state index is 0.0888. The number of aromatic nitrogens is 1. The molecule has 0 unspecified atom stereocenters. The van der Waals surface area contributed by atoms with Crippen molar-refractivity contribution in [2.45, 2.75) is 25.6 Å². The molecule has 1 aliphatic heterocycles. The fourth-order valence-corrected chi connectivity index (χ4v) is 1.62. The topological polar surface area (TPSA) is 48.4 Å². The SMILES string of the molecule is O=C(CCC1OCCCO1)c1cccnc1. The van der Waals surface area contributed by atoms with Gasteiger partial charge in [-0.05, 0) is 18.6 Å². The molecule has 1 aromatic heterocycles. The third-order valence-electron chi connectivity index (χ3n) is 2.49. The number of rotatable bonds is 4. The lowest BCUT2D eigenvalue weighted by Gasteiger charge is -2.22. The van der Waals surface area contributed by atoms with Gasteiger partial charge in [-0.2, -0.15) is 0 Å². The monoisotopic (exact) mass is 221 g/mol. The van der Waals surface area contributed by atoms with Crippen molar-refractivity contribution in [2.24, 2.45) is 0 Å². The van der Waals surface area contributed by atoms with E-state index in [2.05, 4.69) is 4.98 Å². The Morgan fingerprint density at radius 1 is 1.44 bits per heavy atom. The second-order valence-corrected chi connectivity index (χ2v) is 3.73. The Labute approximate surface area is 94.6 Å². The molecule has 0 saturated carbocycles. The largest absolute Gasteiger partial charge is 0.353 e. The zero-order valence-corrected chi connectivity index (χ0v) is 9.09. The van der Waals surface area contributed by atoms with Crippen LogP contribution in [0.25, 0.3) is 0 Å². The Kier molecular flexibility index (Phi) is 4.02. The van der Waals surface area contributed by atoms with Gasteiger partial charge in [-0.3, -0.25) is 9.78 Å². The summed E-state index contributed by atoms with van der Waals surface area (Å²) in [6.45, 7) is 1.46. The van der Waals surface area contributed by atoms with E-state index >= 15 is 0 Å². The molecule has 2 rings (SSSR count).